The first-order valence-electron chi connectivity index (χ1n) is 10.7. The molecule has 8 nitrogen and oxygen atoms in total. The molecular weight excluding hydrogens is 436 g/mol. The lowest BCUT2D eigenvalue weighted by atomic mass is 10.2. The second kappa shape index (κ2) is 12.4. The van der Waals surface area contributed by atoms with Gasteiger partial charge in [-0.25, -0.2) is 4.79 Å². The molecule has 0 heterocycles. The molecule has 3 aromatic carbocycles. The Morgan fingerprint density at radius 3 is 2.03 bits per heavy atom. The molecule has 3 aromatic rings. The van der Waals surface area contributed by atoms with Gasteiger partial charge in [0, 0.05) is 12.2 Å². The van der Waals surface area contributed by atoms with E-state index in [1.807, 2.05) is 48.5 Å². The van der Waals surface area contributed by atoms with Crippen LogP contribution in [0.3, 0.4) is 0 Å². The maximum Gasteiger partial charge on any atom is 0.319 e. The summed E-state index contributed by atoms with van der Waals surface area (Å²) < 4.78 is 27.0. The molecule has 0 bridgehead atoms. The van der Waals surface area contributed by atoms with Gasteiger partial charge in [-0.3, -0.25) is 0 Å². The number of ether oxygens (including phenoxy) is 5. The van der Waals surface area contributed by atoms with E-state index in [0.29, 0.717) is 36.1 Å². The summed E-state index contributed by atoms with van der Waals surface area (Å²) in [7, 11) is 6.29. The van der Waals surface area contributed by atoms with Gasteiger partial charge in [0.2, 0.25) is 5.75 Å². The Balaban J connectivity index is 1.52. The van der Waals surface area contributed by atoms with Gasteiger partial charge in [0.25, 0.3) is 0 Å². The Morgan fingerprint density at radius 1 is 0.735 bits per heavy atom. The van der Waals surface area contributed by atoms with Crippen molar-refractivity contribution >= 4 is 11.7 Å². The van der Waals surface area contributed by atoms with E-state index in [9.17, 15) is 4.79 Å². The van der Waals surface area contributed by atoms with Crippen LogP contribution in [0.2, 0.25) is 0 Å². The van der Waals surface area contributed by atoms with Crippen LogP contribution in [0.4, 0.5) is 10.5 Å². The first-order valence-corrected chi connectivity index (χ1v) is 10.7. The topological polar surface area (TPSA) is 87.3 Å². The zero-order valence-electron chi connectivity index (χ0n) is 19.8. The summed E-state index contributed by atoms with van der Waals surface area (Å²) in [4.78, 5) is 12.4. The predicted molar refractivity (Wildman–Crippen MR) is 130 cm³/mol. The van der Waals surface area contributed by atoms with Crippen LogP contribution < -0.4 is 29.6 Å². The number of nitrogens with one attached hydrogen (secondary N) is 2. The largest absolute Gasteiger partial charge is 0.497 e. The normalized spacial score (nSPS) is 10.4. The quantitative estimate of drug-likeness (QED) is 0.424. The van der Waals surface area contributed by atoms with Crippen molar-refractivity contribution in [3.05, 3.63) is 77.4 Å². The van der Waals surface area contributed by atoms with E-state index in [0.717, 1.165) is 22.4 Å². The maximum atomic E-state index is 12.4. The number of hydrogen-bond donors (Lipinski definition) is 2. The third-order valence-corrected chi connectivity index (χ3v) is 5.06. The molecule has 0 fully saturated rings. The molecule has 0 aromatic heterocycles. The molecule has 34 heavy (non-hydrogen) atoms. The van der Waals surface area contributed by atoms with E-state index in [-0.39, 0.29) is 12.6 Å². The summed E-state index contributed by atoms with van der Waals surface area (Å²) in [6, 6.07) is 18.5. The molecule has 0 aliphatic heterocycles. The number of carbonyl (C=O) groups is 1. The third kappa shape index (κ3) is 6.79. The Labute approximate surface area is 199 Å². The highest BCUT2D eigenvalue weighted by Crippen LogP contribution is 2.38. The molecule has 0 unspecified atom stereocenters. The maximum absolute atomic E-state index is 12.4. The SMILES string of the molecule is COc1ccc(COCc2cccc(NC(=O)NCc3cc(OC)c(OC)c(OC)c3)c2)cc1. The van der Waals surface area contributed by atoms with Crippen molar-refractivity contribution in [3.8, 4) is 23.0 Å². The second-order valence-corrected chi connectivity index (χ2v) is 7.38. The molecule has 180 valence electrons. The number of anilines is 1. The molecular formula is C26H30N2O6. The Hall–Kier alpha value is -3.91. The molecule has 0 saturated heterocycles. The van der Waals surface area contributed by atoms with Crippen molar-refractivity contribution < 1.29 is 28.5 Å². The average Bonchev–Trinajstić information content (AvgIpc) is 2.87. The van der Waals surface area contributed by atoms with Gasteiger partial charge < -0.3 is 34.3 Å². The Kier molecular flexibility index (Phi) is 8.99. The molecule has 0 aliphatic carbocycles. The lowest BCUT2D eigenvalue weighted by Gasteiger charge is -2.15. The minimum absolute atomic E-state index is 0.285. The molecule has 0 aliphatic rings. The predicted octanol–water partition coefficient (Wildman–Crippen LogP) is 4.76. The van der Waals surface area contributed by atoms with Gasteiger partial charge in [-0.2, -0.15) is 0 Å². The van der Waals surface area contributed by atoms with Crippen molar-refractivity contribution in [1.29, 1.82) is 0 Å². The lowest BCUT2D eigenvalue weighted by Crippen LogP contribution is -2.28. The summed E-state index contributed by atoms with van der Waals surface area (Å²) >= 11 is 0. The Bertz CT molecular complexity index is 1060. The fourth-order valence-electron chi connectivity index (χ4n) is 3.34. The van der Waals surface area contributed by atoms with E-state index >= 15 is 0 Å². The first-order chi connectivity index (χ1) is 16.6. The Morgan fingerprint density at radius 2 is 1.41 bits per heavy atom. The van der Waals surface area contributed by atoms with Crippen molar-refractivity contribution in [3.63, 3.8) is 0 Å². The van der Waals surface area contributed by atoms with Gasteiger partial charge in [-0.15, -0.1) is 0 Å². The minimum Gasteiger partial charge on any atom is -0.497 e. The number of hydrogen-bond acceptors (Lipinski definition) is 6. The lowest BCUT2D eigenvalue weighted by molar-refractivity contribution is 0.107. The van der Waals surface area contributed by atoms with E-state index in [1.54, 1.807) is 40.6 Å². The zero-order valence-corrected chi connectivity index (χ0v) is 19.8. The molecule has 8 heteroatoms. The van der Waals surface area contributed by atoms with Crippen LogP contribution in [-0.2, 0) is 24.5 Å². The van der Waals surface area contributed by atoms with E-state index in [4.69, 9.17) is 23.7 Å². The molecule has 2 amide bonds. The second-order valence-electron chi connectivity index (χ2n) is 7.38. The van der Waals surface area contributed by atoms with Crippen molar-refractivity contribution in [2.24, 2.45) is 0 Å². The van der Waals surface area contributed by atoms with Gasteiger partial charge in [-0.05, 0) is 53.1 Å². The first kappa shape index (κ1) is 24.7. The van der Waals surface area contributed by atoms with Gasteiger partial charge in [0.05, 0.1) is 41.7 Å². The highest BCUT2D eigenvalue weighted by Gasteiger charge is 2.13. The van der Waals surface area contributed by atoms with E-state index < -0.39 is 0 Å². The van der Waals surface area contributed by atoms with Gasteiger partial charge in [0.15, 0.2) is 11.5 Å². The van der Waals surface area contributed by atoms with Crippen LogP contribution in [0.15, 0.2) is 60.7 Å². The zero-order chi connectivity index (χ0) is 24.3. The van der Waals surface area contributed by atoms with Crippen LogP contribution in [0.1, 0.15) is 16.7 Å². The van der Waals surface area contributed by atoms with Crippen LogP contribution in [0.5, 0.6) is 23.0 Å². The number of amides is 2. The molecule has 2 N–H and O–H groups in total. The molecule has 3 rings (SSSR count). The van der Waals surface area contributed by atoms with Crippen LogP contribution in [0, 0.1) is 0 Å². The smallest absolute Gasteiger partial charge is 0.319 e. The van der Waals surface area contributed by atoms with Crippen LogP contribution in [-0.4, -0.2) is 34.5 Å². The summed E-state index contributed by atoms with van der Waals surface area (Å²) in [6.07, 6.45) is 0. The fourth-order valence-corrected chi connectivity index (χ4v) is 3.34. The standard InChI is InChI=1S/C26H30N2O6/c1-30-22-10-8-18(9-11-22)16-34-17-19-6-5-7-21(12-19)28-26(29)27-15-20-13-23(31-2)25(33-4)24(14-20)32-3/h5-14H,15-17H2,1-4H3,(H2,27,28,29). The molecule has 0 saturated carbocycles. The van der Waals surface area contributed by atoms with Crippen molar-refractivity contribution in [2.75, 3.05) is 33.8 Å². The molecule has 0 atom stereocenters. The summed E-state index contributed by atoms with van der Waals surface area (Å²) in [6.45, 7) is 1.19. The van der Waals surface area contributed by atoms with Gasteiger partial charge >= 0.3 is 6.03 Å². The highest BCUT2D eigenvalue weighted by molar-refractivity contribution is 5.89. The number of carbonyl (C=O) groups excluding carboxylic acids is 1. The summed E-state index contributed by atoms with van der Waals surface area (Å²) in [5.41, 5.74) is 3.50. The number of urea groups is 1. The van der Waals surface area contributed by atoms with E-state index in [2.05, 4.69) is 10.6 Å². The van der Waals surface area contributed by atoms with Crippen molar-refractivity contribution in [2.45, 2.75) is 19.8 Å². The monoisotopic (exact) mass is 466 g/mol. The van der Waals surface area contributed by atoms with Crippen LogP contribution in [0.25, 0.3) is 0 Å². The van der Waals surface area contributed by atoms with Crippen molar-refractivity contribution in [1.82, 2.24) is 5.32 Å². The molecule has 0 radical (unpaired) electrons. The van der Waals surface area contributed by atoms with Crippen LogP contribution >= 0.6 is 0 Å². The number of rotatable bonds is 11. The van der Waals surface area contributed by atoms with Gasteiger partial charge in [0.1, 0.15) is 5.75 Å². The molecule has 0 spiro atoms. The summed E-state index contributed by atoms with van der Waals surface area (Å²) in [5.74, 6) is 2.37. The number of benzene rings is 3. The fraction of sp³-hybridized carbons (Fsp3) is 0.269. The minimum atomic E-state index is -0.329. The van der Waals surface area contributed by atoms with E-state index in [1.165, 1.54) is 0 Å². The summed E-state index contributed by atoms with van der Waals surface area (Å²) in [5, 5.41) is 5.68. The third-order valence-electron chi connectivity index (χ3n) is 5.06. The average molecular weight is 467 g/mol. The number of methoxy groups -OCH3 is 4. The highest BCUT2D eigenvalue weighted by atomic mass is 16.5. The van der Waals surface area contributed by atoms with Gasteiger partial charge in [-0.1, -0.05) is 24.3 Å².